The van der Waals surface area contributed by atoms with Crippen LogP contribution < -0.4 is 4.74 Å². The van der Waals surface area contributed by atoms with E-state index in [4.69, 9.17) is 9.47 Å². The van der Waals surface area contributed by atoms with Gasteiger partial charge >= 0.3 is 5.97 Å². The number of nitrogens with zero attached hydrogens (tertiary/aromatic N) is 2. The summed E-state index contributed by atoms with van der Waals surface area (Å²) in [6.45, 7) is 6.59. The molecule has 5 nitrogen and oxygen atoms in total. The van der Waals surface area contributed by atoms with Crippen molar-refractivity contribution < 1.29 is 14.3 Å². The van der Waals surface area contributed by atoms with Crippen LogP contribution in [-0.2, 0) is 9.53 Å². The van der Waals surface area contributed by atoms with Crippen molar-refractivity contribution in [2.45, 2.75) is 26.8 Å². The lowest BCUT2D eigenvalue weighted by atomic mass is 9.90. The van der Waals surface area contributed by atoms with Crippen LogP contribution in [0.1, 0.15) is 32.4 Å². The van der Waals surface area contributed by atoms with E-state index < -0.39 is 0 Å². The molecule has 1 atom stereocenters. The van der Waals surface area contributed by atoms with E-state index in [9.17, 15) is 4.79 Å². The van der Waals surface area contributed by atoms with Crippen LogP contribution in [0, 0.1) is 0 Å². The summed E-state index contributed by atoms with van der Waals surface area (Å²) in [5.41, 5.74) is 2.30. The fourth-order valence-electron chi connectivity index (χ4n) is 3.69. The van der Waals surface area contributed by atoms with E-state index in [1.165, 1.54) is 0 Å². The van der Waals surface area contributed by atoms with Crippen LogP contribution in [0.15, 0.2) is 64.3 Å². The Bertz CT molecular complexity index is 1030. The molecule has 0 N–H and O–H groups in total. The topological polar surface area (TPSA) is 51.1 Å². The molecule has 0 amide bonds. The van der Waals surface area contributed by atoms with Gasteiger partial charge in [0.25, 0.3) is 0 Å². The first kappa shape index (κ1) is 18.6. The molecule has 2 aromatic carbocycles. The van der Waals surface area contributed by atoms with Crippen molar-refractivity contribution in [3.63, 3.8) is 0 Å². The van der Waals surface area contributed by atoms with Gasteiger partial charge in [-0.25, -0.2) is 9.79 Å². The summed E-state index contributed by atoms with van der Waals surface area (Å²) in [6, 6.07) is 11.9. The zero-order chi connectivity index (χ0) is 19.7. The van der Waals surface area contributed by atoms with Crippen molar-refractivity contribution in [1.82, 2.24) is 4.90 Å². The lowest BCUT2D eigenvalue weighted by Crippen LogP contribution is -2.34. The highest BCUT2D eigenvalue weighted by molar-refractivity contribution is 8.16. The Morgan fingerprint density at radius 2 is 1.93 bits per heavy atom. The fraction of sp³-hybridized carbons (Fsp3) is 0.273. The van der Waals surface area contributed by atoms with Crippen LogP contribution in [0.2, 0.25) is 0 Å². The first-order chi connectivity index (χ1) is 13.7. The molecule has 2 aromatic rings. The first-order valence-electron chi connectivity index (χ1n) is 9.38. The second-order valence-electron chi connectivity index (χ2n) is 6.46. The van der Waals surface area contributed by atoms with Gasteiger partial charge in [-0.15, -0.1) is 0 Å². The average molecular weight is 394 g/mol. The number of hydrogen-bond donors (Lipinski definition) is 0. The summed E-state index contributed by atoms with van der Waals surface area (Å²) in [7, 11) is 0. The van der Waals surface area contributed by atoms with Gasteiger partial charge < -0.3 is 14.4 Å². The predicted octanol–water partition coefficient (Wildman–Crippen LogP) is 5.01. The molecule has 28 heavy (non-hydrogen) atoms. The Balaban J connectivity index is 1.93. The molecule has 2 heterocycles. The van der Waals surface area contributed by atoms with Crippen molar-refractivity contribution in [2.75, 3.05) is 13.2 Å². The molecule has 0 bridgehead atoms. The maximum absolute atomic E-state index is 12.9. The quantitative estimate of drug-likeness (QED) is 0.668. The number of carbonyl (C=O) groups is 1. The molecule has 144 valence electrons. The molecule has 0 unspecified atom stereocenters. The van der Waals surface area contributed by atoms with Gasteiger partial charge in [0, 0.05) is 11.6 Å². The number of esters is 1. The van der Waals surface area contributed by atoms with Gasteiger partial charge in [-0.2, -0.15) is 0 Å². The van der Waals surface area contributed by atoms with Crippen LogP contribution >= 0.6 is 11.8 Å². The molecule has 0 spiro atoms. The summed E-state index contributed by atoms with van der Waals surface area (Å²) in [5.74, 6) is 0.521. The van der Waals surface area contributed by atoms with E-state index >= 15 is 0 Å². The molecule has 2 aliphatic rings. The van der Waals surface area contributed by atoms with E-state index in [1.807, 2.05) is 61.5 Å². The summed E-state index contributed by atoms with van der Waals surface area (Å²) in [5, 5.41) is 4.94. The van der Waals surface area contributed by atoms with Crippen molar-refractivity contribution in [3.05, 3.63) is 64.8 Å². The first-order valence-corrected chi connectivity index (χ1v) is 10.3. The van der Waals surface area contributed by atoms with Gasteiger partial charge in [-0.1, -0.05) is 42.1 Å². The van der Waals surface area contributed by atoms with Gasteiger partial charge in [0.2, 0.25) is 0 Å². The number of thioether (sulfide) groups is 1. The number of ether oxygens (including phenoxy) is 2. The molecule has 0 saturated heterocycles. The maximum Gasteiger partial charge on any atom is 0.338 e. The Kier molecular flexibility index (Phi) is 5.13. The van der Waals surface area contributed by atoms with Crippen LogP contribution in [0.5, 0.6) is 5.75 Å². The van der Waals surface area contributed by atoms with Crippen molar-refractivity contribution in [1.29, 1.82) is 0 Å². The smallest absolute Gasteiger partial charge is 0.338 e. The van der Waals surface area contributed by atoms with Gasteiger partial charge in [0.05, 0.1) is 30.5 Å². The molecule has 4 rings (SSSR count). The number of carbonyl (C=O) groups excluding carboxylic acids is 1. The molecule has 0 saturated carbocycles. The third-order valence-electron chi connectivity index (χ3n) is 4.83. The SMILES string of the molecule is CCOC(=O)C1=C(C)N=C2SC=CN2[C@@H]1c1ccc(OCC)c2ccccc12. The number of aliphatic imine (C=N–C) groups is 1. The Hall–Kier alpha value is -2.73. The minimum absolute atomic E-state index is 0.293. The maximum atomic E-state index is 12.9. The van der Waals surface area contributed by atoms with Gasteiger partial charge in [0.1, 0.15) is 5.75 Å². The number of allylic oxidation sites excluding steroid dienone is 1. The van der Waals surface area contributed by atoms with E-state index in [0.717, 1.165) is 27.3 Å². The second kappa shape index (κ2) is 7.72. The zero-order valence-electron chi connectivity index (χ0n) is 16.1. The fourth-order valence-corrected chi connectivity index (χ4v) is 4.48. The zero-order valence-corrected chi connectivity index (χ0v) is 17.0. The molecular weight excluding hydrogens is 372 g/mol. The highest BCUT2D eigenvalue weighted by Gasteiger charge is 2.38. The van der Waals surface area contributed by atoms with Crippen LogP contribution in [-0.4, -0.2) is 29.3 Å². The highest BCUT2D eigenvalue weighted by atomic mass is 32.2. The lowest BCUT2D eigenvalue weighted by molar-refractivity contribution is -0.139. The summed E-state index contributed by atoms with van der Waals surface area (Å²) >= 11 is 1.56. The Morgan fingerprint density at radius 3 is 2.68 bits per heavy atom. The number of amidine groups is 1. The highest BCUT2D eigenvalue weighted by Crippen LogP contribution is 2.44. The van der Waals surface area contributed by atoms with Crippen LogP contribution in [0.4, 0.5) is 0 Å². The number of benzene rings is 2. The standard InChI is InChI=1S/C22H22N2O3S/c1-4-26-18-11-10-17(15-8-6-7-9-16(15)18)20-19(21(25)27-5-2)14(3)23-22-24(20)12-13-28-22/h6-13,20H,4-5H2,1-3H3/t20-/m1/s1. The van der Waals surface area contributed by atoms with E-state index in [-0.39, 0.29) is 12.0 Å². The molecule has 0 radical (unpaired) electrons. The van der Waals surface area contributed by atoms with Gasteiger partial charge in [-0.3, -0.25) is 0 Å². The molecular formula is C22H22N2O3S. The summed E-state index contributed by atoms with van der Waals surface area (Å²) in [6.07, 6.45) is 1.98. The third-order valence-corrected chi connectivity index (χ3v) is 5.60. The molecule has 0 aromatic heterocycles. The molecule has 6 heteroatoms. The van der Waals surface area contributed by atoms with Crippen molar-refractivity contribution in [3.8, 4) is 5.75 Å². The number of rotatable bonds is 5. The normalized spacial score (nSPS) is 18.3. The van der Waals surface area contributed by atoms with E-state index in [0.29, 0.717) is 24.5 Å². The Labute approximate surface area is 168 Å². The molecule has 0 aliphatic carbocycles. The molecule has 0 fully saturated rings. The summed E-state index contributed by atoms with van der Waals surface area (Å²) < 4.78 is 11.2. The third kappa shape index (κ3) is 3.07. The Morgan fingerprint density at radius 1 is 1.14 bits per heavy atom. The lowest BCUT2D eigenvalue weighted by Gasteiger charge is -2.34. The monoisotopic (exact) mass is 394 g/mol. The minimum atomic E-state index is -0.323. The van der Waals surface area contributed by atoms with E-state index in [1.54, 1.807) is 11.8 Å². The second-order valence-corrected chi connectivity index (χ2v) is 7.33. The minimum Gasteiger partial charge on any atom is -0.493 e. The van der Waals surface area contributed by atoms with Crippen molar-refractivity contribution >= 4 is 33.7 Å². The summed E-state index contributed by atoms with van der Waals surface area (Å²) in [4.78, 5) is 19.5. The largest absolute Gasteiger partial charge is 0.493 e. The van der Waals surface area contributed by atoms with Crippen LogP contribution in [0.25, 0.3) is 10.8 Å². The van der Waals surface area contributed by atoms with E-state index in [2.05, 4.69) is 17.1 Å². The molecule has 2 aliphatic heterocycles. The average Bonchev–Trinajstić information content (AvgIpc) is 3.16. The predicted molar refractivity (Wildman–Crippen MR) is 113 cm³/mol. The van der Waals surface area contributed by atoms with Crippen molar-refractivity contribution in [2.24, 2.45) is 4.99 Å². The number of fused-ring (bicyclic) bond motifs is 2. The van der Waals surface area contributed by atoms with Gasteiger partial charge in [-0.05, 0) is 43.2 Å². The van der Waals surface area contributed by atoms with Crippen LogP contribution in [0.3, 0.4) is 0 Å². The number of hydrogen-bond acceptors (Lipinski definition) is 6. The van der Waals surface area contributed by atoms with Gasteiger partial charge in [0.15, 0.2) is 5.17 Å².